The smallest absolute Gasteiger partial charge is 0.339 e. The van der Waals surface area contributed by atoms with Crippen LogP contribution in [0.2, 0.25) is 5.02 Å². The van der Waals surface area contributed by atoms with Gasteiger partial charge in [0.05, 0.1) is 9.95 Å². The zero-order chi connectivity index (χ0) is 17.6. The fourth-order valence-electron chi connectivity index (χ4n) is 3.14. The summed E-state index contributed by atoms with van der Waals surface area (Å²) >= 11 is 6.04. The molecular weight excluding hydrogens is 346 g/mol. The number of hydrogen-bond donors (Lipinski definition) is 0. The second-order valence-corrected chi connectivity index (χ2v) is 6.24. The first-order valence-electron chi connectivity index (χ1n) is 7.73. The molecule has 0 amide bonds. The van der Waals surface area contributed by atoms with Gasteiger partial charge in [0.1, 0.15) is 17.1 Å². The number of non-ortho nitro benzene ring substituents is 1. The molecular formula is C18H12ClNO5. The molecule has 126 valence electrons. The summed E-state index contributed by atoms with van der Waals surface area (Å²) in [5.41, 5.74) is 1.86. The van der Waals surface area contributed by atoms with E-state index in [2.05, 4.69) is 0 Å². The molecule has 0 atom stereocenters. The second kappa shape index (κ2) is 5.89. The lowest BCUT2D eigenvalue weighted by Gasteiger charge is -2.09. The lowest BCUT2D eigenvalue weighted by molar-refractivity contribution is -0.384. The molecule has 0 radical (unpaired) electrons. The lowest BCUT2D eigenvalue weighted by Crippen LogP contribution is -2.06. The summed E-state index contributed by atoms with van der Waals surface area (Å²) in [4.78, 5) is 22.3. The minimum absolute atomic E-state index is 0.113. The van der Waals surface area contributed by atoms with Gasteiger partial charge in [-0.15, -0.1) is 0 Å². The van der Waals surface area contributed by atoms with E-state index in [0.29, 0.717) is 11.3 Å². The second-order valence-electron chi connectivity index (χ2n) is 5.83. The maximum Gasteiger partial charge on any atom is 0.339 e. The fourth-order valence-corrected chi connectivity index (χ4v) is 3.35. The Morgan fingerprint density at radius 1 is 1.12 bits per heavy atom. The van der Waals surface area contributed by atoms with Crippen molar-refractivity contribution in [1.29, 1.82) is 0 Å². The average Bonchev–Trinajstić information content (AvgIpc) is 3.07. The predicted molar refractivity (Wildman–Crippen MR) is 92.7 cm³/mol. The van der Waals surface area contributed by atoms with Crippen molar-refractivity contribution in [1.82, 2.24) is 0 Å². The van der Waals surface area contributed by atoms with Crippen molar-refractivity contribution in [3.63, 3.8) is 0 Å². The highest BCUT2D eigenvalue weighted by atomic mass is 35.5. The number of hydrogen-bond acceptors (Lipinski definition) is 5. The number of nitro benzene ring substituents is 1. The minimum atomic E-state index is -0.527. The molecule has 25 heavy (non-hydrogen) atoms. The quantitative estimate of drug-likeness (QED) is 0.387. The number of aryl methyl sites for hydroxylation is 1. The third-order valence-corrected chi connectivity index (χ3v) is 4.59. The molecule has 0 fully saturated rings. The molecule has 1 aromatic heterocycles. The van der Waals surface area contributed by atoms with E-state index in [0.717, 1.165) is 35.8 Å². The van der Waals surface area contributed by atoms with E-state index >= 15 is 0 Å². The monoisotopic (exact) mass is 357 g/mol. The number of ether oxygens (including phenoxy) is 1. The van der Waals surface area contributed by atoms with Crippen molar-refractivity contribution in [2.75, 3.05) is 0 Å². The van der Waals surface area contributed by atoms with Gasteiger partial charge in [-0.05, 0) is 43.0 Å². The van der Waals surface area contributed by atoms with E-state index in [1.165, 1.54) is 18.2 Å². The zero-order valence-electron chi connectivity index (χ0n) is 13.0. The molecule has 7 heteroatoms. The Morgan fingerprint density at radius 3 is 2.68 bits per heavy atom. The van der Waals surface area contributed by atoms with Crippen molar-refractivity contribution >= 4 is 28.3 Å². The van der Waals surface area contributed by atoms with Crippen LogP contribution in [-0.2, 0) is 12.8 Å². The molecule has 1 heterocycles. The number of fused-ring (bicyclic) bond motifs is 3. The Morgan fingerprint density at radius 2 is 1.92 bits per heavy atom. The number of nitro groups is 1. The van der Waals surface area contributed by atoms with Gasteiger partial charge in [-0.2, -0.15) is 0 Å². The van der Waals surface area contributed by atoms with Crippen molar-refractivity contribution in [2.45, 2.75) is 19.3 Å². The van der Waals surface area contributed by atoms with Crippen LogP contribution in [0, 0.1) is 10.1 Å². The summed E-state index contributed by atoms with van der Waals surface area (Å²) in [5.74, 6) is 0.722. The van der Waals surface area contributed by atoms with E-state index in [4.69, 9.17) is 20.8 Å². The van der Waals surface area contributed by atoms with Crippen molar-refractivity contribution in [3.05, 3.63) is 73.1 Å². The molecule has 0 saturated heterocycles. The molecule has 0 N–H and O–H groups in total. The molecule has 3 aromatic rings. The highest BCUT2D eigenvalue weighted by molar-refractivity contribution is 6.32. The van der Waals surface area contributed by atoms with Gasteiger partial charge in [-0.1, -0.05) is 11.6 Å². The molecule has 0 spiro atoms. The first kappa shape index (κ1) is 15.7. The SMILES string of the molecule is O=c1oc2cc(Oc3ccc([N+](=O)[O-])cc3Cl)ccc2c2c1CCC2. The molecule has 0 bridgehead atoms. The van der Waals surface area contributed by atoms with Gasteiger partial charge in [-0.3, -0.25) is 10.1 Å². The van der Waals surface area contributed by atoms with E-state index in [1.807, 2.05) is 6.07 Å². The minimum Gasteiger partial charge on any atom is -0.456 e. The van der Waals surface area contributed by atoms with Crippen LogP contribution in [-0.4, -0.2) is 4.92 Å². The van der Waals surface area contributed by atoms with Gasteiger partial charge < -0.3 is 9.15 Å². The van der Waals surface area contributed by atoms with Crippen molar-refractivity contribution in [2.24, 2.45) is 0 Å². The van der Waals surface area contributed by atoms with Crippen LogP contribution >= 0.6 is 11.6 Å². The Labute approximate surface area is 146 Å². The third-order valence-electron chi connectivity index (χ3n) is 4.30. The first-order chi connectivity index (χ1) is 12.0. The summed E-state index contributed by atoms with van der Waals surface area (Å²) < 4.78 is 11.1. The topological polar surface area (TPSA) is 82.6 Å². The van der Waals surface area contributed by atoms with E-state index in [1.54, 1.807) is 12.1 Å². The van der Waals surface area contributed by atoms with Crippen LogP contribution < -0.4 is 10.4 Å². The Kier molecular flexibility index (Phi) is 3.69. The van der Waals surface area contributed by atoms with Gasteiger partial charge in [0.2, 0.25) is 0 Å². The van der Waals surface area contributed by atoms with Gasteiger partial charge in [0.15, 0.2) is 0 Å². The van der Waals surface area contributed by atoms with Crippen LogP contribution in [0.15, 0.2) is 45.6 Å². The van der Waals surface area contributed by atoms with Crippen LogP contribution in [0.3, 0.4) is 0 Å². The maximum absolute atomic E-state index is 12.1. The largest absolute Gasteiger partial charge is 0.456 e. The Balaban J connectivity index is 1.72. The third kappa shape index (κ3) is 2.74. The van der Waals surface area contributed by atoms with Crippen LogP contribution in [0.25, 0.3) is 11.0 Å². The summed E-state index contributed by atoms with van der Waals surface area (Å²) in [7, 11) is 0. The molecule has 4 rings (SSSR count). The molecule has 0 saturated carbocycles. The average molecular weight is 358 g/mol. The first-order valence-corrected chi connectivity index (χ1v) is 8.11. The lowest BCUT2D eigenvalue weighted by atomic mass is 10.1. The molecule has 0 aliphatic heterocycles. The fraction of sp³-hybridized carbons (Fsp3) is 0.167. The highest BCUT2D eigenvalue weighted by Crippen LogP contribution is 2.35. The van der Waals surface area contributed by atoms with Crippen LogP contribution in [0.5, 0.6) is 11.5 Å². The van der Waals surface area contributed by atoms with Crippen molar-refractivity contribution < 1.29 is 14.1 Å². The molecule has 6 nitrogen and oxygen atoms in total. The van der Waals surface area contributed by atoms with Crippen molar-refractivity contribution in [3.8, 4) is 11.5 Å². The Hall–Kier alpha value is -2.86. The molecule has 0 unspecified atom stereocenters. The van der Waals surface area contributed by atoms with Gasteiger partial charge in [-0.25, -0.2) is 4.79 Å². The molecule has 2 aromatic carbocycles. The number of rotatable bonds is 3. The van der Waals surface area contributed by atoms with Gasteiger partial charge in [0.25, 0.3) is 5.69 Å². The van der Waals surface area contributed by atoms with E-state index < -0.39 is 4.92 Å². The predicted octanol–water partition coefficient (Wildman–Crippen LogP) is 4.64. The summed E-state index contributed by atoms with van der Waals surface area (Å²) in [6.45, 7) is 0. The summed E-state index contributed by atoms with van der Waals surface area (Å²) in [6.07, 6.45) is 2.58. The number of benzene rings is 2. The van der Waals surface area contributed by atoms with Gasteiger partial charge in [0, 0.05) is 29.1 Å². The standard InChI is InChI=1S/C18H12ClNO5/c19-15-8-10(20(22)23)4-7-16(15)24-11-5-6-13-12-2-1-3-14(12)18(21)25-17(13)9-11/h4-9H,1-3H2. The van der Waals surface area contributed by atoms with E-state index in [9.17, 15) is 14.9 Å². The zero-order valence-corrected chi connectivity index (χ0v) is 13.7. The summed E-state index contributed by atoms with van der Waals surface area (Å²) in [6, 6.07) is 9.23. The van der Waals surface area contributed by atoms with Gasteiger partial charge >= 0.3 is 5.63 Å². The summed E-state index contributed by atoms with van der Waals surface area (Å²) in [5, 5.41) is 11.8. The van der Waals surface area contributed by atoms with E-state index in [-0.39, 0.29) is 22.1 Å². The maximum atomic E-state index is 12.1. The molecule has 1 aliphatic carbocycles. The molecule has 1 aliphatic rings. The number of nitrogens with zero attached hydrogens (tertiary/aromatic N) is 1. The van der Waals surface area contributed by atoms with Crippen LogP contribution in [0.4, 0.5) is 5.69 Å². The highest BCUT2D eigenvalue weighted by Gasteiger charge is 2.20. The number of halogens is 1. The van der Waals surface area contributed by atoms with Crippen LogP contribution in [0.1, 0.15) is 17.5 Å². The normalized spacial score (nSPS) is 13.0. The Bertz CT molecular complexity index is 1070.